The van der Waals surface area contributed by atoms with Gasteiger partial charge < -0.3 is 23.7 Å². The Morgan fingerprint density at radius 3 is 1.47 bits per heavy atom. The summed E-state index contributed by atoms with van der Waals surface area (Å²) in [6.45, 7) is 6.05. The Morgan fingerprint density at radius 1 is 0.509 bits per heavy atom. The van der Waals surface area contributed by atoms with Crippen LogP contribution in [0.1, 0.15) is 89.5 Å². The van der Waals surface area contributed by atoms with Gasteiger partial charge in [0.1, 0.15) is 11.5 Å². The van der Waals surface area contributed by atoms with Gasteiger partial charge in [-0.2, -0.15) is 4.39 Å². The SMILES string of the molecule is CCOc1ccc(-c2ccc(OCCCCCCCC3(CCCCCCCOc4ccc(-c5ccc(C)c(F)c5F)cc4)OCCO3)cc2)c(F)c1F. The number of benzene rings is 4. The van der Waals surface area contributed by atoms with Gasteiger partial charge >= 0.3 is 0 Å². The fraction of sp³-hybridized carbons (Fsp3) is 0.455. The minimum absolute atomic E-state index is 0.0851. The van der Waals surface area contributed by atoms with Crippen molar-refractivity contribution < 1.29 is 41.2 Å². The third-order valence-corrected chi connectivity index (χ3v) is 9.71. The maximum Gasteiger partial charge on any atom is 0.201 e. The second kappa shape index (κ2) is 20.4. The molecule has 0 radical (unpaired) electrons. The number of halogens is 4. The molecule has 1 heterocycles. The molecule has 0 amide bonds. The van der Waals surface area contributed by atoms with Crippen molar-refractivity contribution in [3.05, 3.63) is 102 Å². The Kier molecular flexibility index (Phi) is 15.4. The molecule has 9 heteroatoms. The molecule has 5 nitrogen and oxygen atoms in total. The largest absolute Gasteiger partial charge is 0.494 e. The number of ether oxygens (including phenoxy) is 5. The minimum atomic E-state index is -0.976. The first-order valence-electron chi connectivity index (χ1n) is 19.1. The van der Waals surface area contributed by atoms with Gasteiger partial charge in [-0.3, -0.25) is 0 Å². The van der Waals surface area contributed by atoms with Crippen LogP contribution in [0.2, 0.25) is 0 Å². The zero-order valence-corrected chi connectivity index (χ0v) is 31.0. The molecule has 53 heavy (non-hydrogen) atoms. The molecule has 0 aromatic heterocycles. The Labute approximate surface area is 311 Å². The molecule has 4 aromatic carbocycles. The number of hydrogen-bond acceptors (Lipinski definition) is 5. The summed E-state index contributed by atoms with van der Waals surface area (Å²) in [6.07, 6.45) is 12.4. The Hall–Kier alpha value is -4.08. The smallest absolute Gasteiger partial charge is 0.201 e. The molecule has 1 saturated heterocycles. The van der Waals surface area contributed by atoms with Crippen LogP contribution >= 0.6 is 0 Å². The van der Waals surface area contributed by atoms with Crippen LogP contribution < -0.4 is 14.2 Å². The minimum Gasteiger partial charge on any atom is -0.494 e. The maximum absolute atomic E-state index is 14.6. The lowest BCUT2D eigenvalue weighted by atomic mass is 9.99. The van der Waals surface area contributed by atoms with Gasteiger partial charge in [0.15, 0.2) is 29.0 Å². The Balaban J connectivity index is 0.893. The molecule has 0 N–H and O–H groups in total. The van der Waals surface area contributed by atoms with Crippen LogP contribution in [0, 0.1) is 30.2 Å². The van der Waals surface area contributed by atoms with Crippen molar-refractivity contribution in [2.45, 2.75) is 96.7 Å². The first-order valence-corrected chi connectivity index (χ1v) is 19.1. The van der Waals surface area contributed by atoms with E-state index in [1.165, 1.54) is 12.1 Å². The van der Waals surface area contributed by atoms with Crippen molar-refractivity contribution in [3.8, 4) is 39.5 Å². The van der Waals surface area contributed by atoms with Crippen LogP contribution in [-0.2, 0) is 9.47 Å². The highest BCUT2D eigenvalue weighted by Gasteiger charge is 2.35. The van der Waals surface area contributed by atoms with Crippen LogP contribution in [0.5, 0.6) is 17.2 Å². The first-order chi connectivity index (χ1) is 25.8. The lowest BCUT2D eigenvalue weighted by Gasteiger charge is -2.27. The first kappa shape index (κ1) is 40.1. The van der Waals surface area contributed by atoms with Crippen LogP contribution in [0.3, 0.4) is 0 Å². The van der Waals surface area contributed by atoms with E-state index in [1.807, 2.05) is 0 Å². The van der Waals surface area contributed by atoms with E-state index in [2.05, 4.69) is 0 Å². The van der Waals surface area contributed by atoms with E-state index >= 15 is 0 Å². The van der Waals surface area contributed by atoms with E-state index < -0.39 is 29.1 Å². The van der Waals surface area contributed by atoms with E-state index in [0.717, 1.165) is 82.8 Å². The maximum atomic E-state index is 14.6. The number of hydrogen-bond donors (Lipinski definition) is 0. The van der Waals surface area contributed by atoms with Gasteiger partial charge in [-0.25, -0.2) is 13.2 Å². The van der Waals surface area contributed by atoms with Gasteiger partial charge in [-0.15, -0.1) is 0 Å². The molecule has 0 bridgehead atoms. The number of aryl methyl sites for hydroxylation is 1. The van der Waals surface area contributed by atoms with Gasteiger partial charge in [0.25, 0.3) is 0 Å². The molecule has 0 spiro atoms. The molecule has 0 saturated carbocycles. The van der Waals surface area contributed by atoms with E-state index in [1.54, 1.807) is 74.5 Å². The fourth-order valence-electron chi connectivity index (χ4n) is 6.70. The third kappa shape index (κ3) is 11.5. The summed E-state index contributed by atoms with van der Waals surface area (Å²) in [5.74, 6) is -2.64. The summed E-state index contributed by atoms with van der Waals surface area (Å²) in [5, 5.41) is 0. The lowest BCUT2D eigenvalue weighted by molar-refractivity contribution is -0.168. The molecule has 0 aliphatic carbocycles. The monoisotopic (exact) mass is 736 g/mol. The molecular weight excluding hydrogens is 684 g/mol. The topological polar surface area (TPSA) is 46.2 Å². The predicted molar refractivity (Wildman–Crippen MR) is 201 cm³/mol. The molecular formula is C44H52F4O5. The highest BCUT2D eigenvalue weighted by atomic mass is 19.2. The second-order valence-electron chi connectivity index (χ2n) is 13.6. The summed E-state index contributed by atoms with van der Waals surface area (Å²) in [5.41, 5.74) is 1.92. The van der Waals surface area contributed by atoms with Crippen molar-refractivity contribution in [2.24, 2.45) is 0 Å². The quantitative estimate of drug-likeness (QED) is 0.0594. The summed E-state index contributed by atoms with van der Waals surface area (Å²) in [7, 11) is 0. The van der Waals surface area contributed by atoms with Gasteiger partial charge in [0.05, 0.1) is 33.0 Å². The van der Waals surface area contributed by atoms with Crippen molar-refractivity contribution in [1.29, 1.82) is 0 Å². The van der Waals surface area contributed by atoms with Crippen LogP contribution in [0.15, 0.2) is 72.8 Å². The Bertz CT molecular complexity index is 1700. The number of unbranched alkanes of at least 4 members (excludes halogenated alkanes) is 8. The lowest BCUT2D eigenvalue weighted by Crippen LogP contribution is -2.30. The highest BCUT2D eigenvalue weighted by molar-refractivity contribution is 5.66. The van der Waals surface area contributed by atoms with Gasteiger partial charge in [0, 0.05) is 24.0 Å². The Morgan fingerprint density at radius 2 is 0.962 bits per heavy atom. The van der Waals surface area contributed by atoms with Gasteiger partial charge in [0.2, 0.25) is 5.82 Å². The fourth-order valence-corrected chi connectivity index (χ4v) is 6.70. The second-order valence-corrected chi connectivity index (χ2v) is 13.6. The standard InChI is InChI=1S/C44H52F4O5/c1-3-49-39-25-24-38(42(47)43(39)48)34-17-21-36(22-18-34)51-29-13-9-5-7-11-27-44(52-30-31-53-44)26-10-6-4-8-12-28-50-35-19-15-33(16-20-35)37-23-14-32(2)40(45)41(37)46/h14-25H,3-13,26-31H2,1-2H3. The van der Waals surface area contributed by atoms with E-state index in [9.17, 15) is 17.6 Å². The summed E-state index contributed by atoms with van der Waals surface area (Å²) in [4.78, 5) is 0. The van der Waals surface area contributed by atoms with Gasteiger partial charge in [-0.1, -0.05) is 74.9 Å². The van der Waals surface area contributed by atoms with Crippen molar-refractivity contribution in [2.75, 3.05) is 33.0 Å². The van der Waals surface area contributed by atoms with Crippen molar-refractivity contribution in [3.63, 3.8) is 0 Å². The third-order valence-electron chi connectivity index (χ3n) is 9.71. The number of rotatable bonds is 22. The summed E-state index contributed by atoms with van der Waals surface area (Å²) < 4.78 is 86.2. The van der Waals surface area contributed by atoms with Crippen LogP contribution in [0.4, 0.5) is 17.6 Å². The average molecular weight is 737 g/mol. The predicted octanol–water partition coefficient (Wildman–Crippen LogP) is 12.2. The van der Waals surface area contributed by atoms with E-state index in [4.69, 9.17) is 23.7 Å². The zero-order chi connectivity index (χ0) is 37.5. The van der Waals surface area contributed by atoms with Crippen LogP contribution in [0.25, 0.3) is 22.3 Å². The van der Waals surface area contributed by atoms with Crippen molar-refractivity contribution >= 4 is 0 Å². The summed E-state index contributed by atoms with van der Waals surface area (Å²) in [6, 6.07) is 20.3. The van der Waals surface area contributed by atoms with E-state index in [-0.39, 0.29) is 23.5 Å². The van der Waals surface area contributed by atoms with Crippen LogP contribution in [-0.4, -0.2) is 38.8 Å². The molecule has 5 rings (SSSR count). The average Bonchev–Trinajstić information content (AvgIpc) is 3.64. The molecule has 1 fully saturated rings. The highest BCUT2D eigenvalue weighted by Crippen LogP contribution is 2.33. The molecule has 4 aromatic rings. The zero-order valence-electron chi connectivity index (χ0n) is 31.0. The molecule has 286 valence electrons. The molecule has 0 unspecified atom stereocenters. The molecule has 1 aliphatic heterocycles. The van der Waals surface area contributed by atoms with E-state index in [0.29, 0.717) is 48.9 Å². The normalized spacial score (nSPS) is 13.7. The molecule has 1 aliphatic rings. The molecule has 0 atom stereocenters. The van der Waals surface area contributed by atoms with Crippen molar-refractivity contribution in [1.82, 2.24) is 0 Å². The summed E-state index contributed by atoms with van der Waals surface area (Å²) >= 11 is 0. The van der Waals surface area contributed by atoms with Gasteiger partial charge in [-0.05, 0) is 92.6 Å².